The van der Waals surface area contributed by atoms with Crippen molar-refractivity contribution in [2.45, 2.75) is 13.3 Å². The van der Waals surface area contributed by atoms with Gasteiger partial charge in [0.05, 0.1) is 4.47 Å². The second-order valence-electron chi connectivity index (χ2n) is 3.22. The molecule has 0 aliphatic carbocycles. The van der Waals surface area contributed by atoms with E-state index >= 15 is 0 Å². The van der Waals surface area contributed by atoms with Crippen molar-refractivity contribution in [3.8, 4) is 5.75 Å². The van der Waals surface area contributed by atoms with Gasteiger partial charge in [0.25, 0.3) is 0 Å². The molecule has 3 heteroatoms. The van der Waals surface area contributed by atoms with Crippen molar-refractivity contribution < 1.29 is 9.13 Å². The van der Waals surface area contributed by atoms with Gasteiger partial charge in [0.15, 0.2) is 11.6 Å². The summed E-state index contributed by atoms with van der Waals surface area (Å²) in [5.41, 5.74) is 2.02. The summed E-state index contributed by atoms with van der Waals surface area (Å²) in [7, 11) is 0. The van der Waals surface area contributed by atoms with Crippen LogP contribution in [0.5, 0.6) is 5.75 Å². The molecule has 1 aromatic rings. The lowest BCUT2D eigenvalue weighted by Crippen LogP contribution is -2.08. The highest BCUT2D eigenvalue weighted by molar-refractivity contribution is 9.10. The smallest absolute Gasteiger partial charge is 0.179 e. The van der Waals surface area contributed by atoms with Crippen LogP contribution in [0.1, 0.15) is 18.9 Å². The van der Waals surface area contributed by atoms with Gasteiger partial charge in [0.2, 0.25) is 0 Å². The number of fused-ring (bicyclic) bond motifs is 1. The van der Waals surface area contributed by atoms with Crippen LogP contribution in [-0.2, 0) is 0 Å². The lowest BCUT2D eigenvalue weighted by Gasteiger charge is -2.18. The summed E-state index contributed by atoms with van der Waals surface area (Å²) in [6.07, 6.45) is 2.94. The highest BCUT2D eigenvalue weighted by Gasteiger charge is 2.16. The van der Waals surface area contributed by atoms with E-state index < -0.39 is 0 Å². The zero-order chi connectivity index (χ0) is 10.1. The molecule has 0 N–H and O–H groups in total. The number of ether oxygens (including phenoxy) is 1. The topological polar surface area (TPSA) is 9.23 Å². The molecule has 1 aliphatic rings. The van der Waals surface area contributed by atoms with Crippen molar-refractivity contribution in [2.24, 2.45) is 0 Å². The van der Waals surface area contributed by atoms with E-state index in [0.717, 1.165) is 12.0 Å². The standard InChI is InChI=1S/C11H10BrFO/c1-2-7-5-8-3-4-9(12)10(13)11(8)14-6-7/h3-5H,2,6H2,1H3. The average Bonchev–Trinajstić information content (AvgIpc) is 2.23. The second kappa shape index (κ2) is 3.73. The Morgan fingerprint density at radius 3 is 3.00 bits per heavy atom. The molecule has 0 amide bonds. The monoisotopic (exact) mass is 256 g/mol. The molecular weight excluding hydrogens is 247 g/mol. The first-order valence-electron chi connectivity index (χ1n) is 4.52. The van der Waals surface area contributed by atoms with Crippen LogP contribution in [0.15, 0.2) is 22.2 Å². The average molecular weight is 257 g/mol. The highest BCUT2D eigenvalue weighted by atomic mass is 79.9. The van der Waals surface area contributed by atoms with Gasteiger partial charge in [-0.15, -0.1) is 0 Å². The Balaban J connectivity index is 2.51. The number of benzene rings is 1. The predicted octanol–water partition coefficient (Wildman–Crippen LogP) is 3.77. The van der Waals surface area contributed by atoms with Crippen molar-refractivity contribution in [1.29, 1.82) is 0 Å². The summed E-state index contributed by atoms with van der Waals surface area (Å²) < 4.78 is 19.3. The van der Waals surface area contributed by atoms with Gasteiger partial charge in [-0.3, -0.25) is 0 Å². The summed E-state index contributed by atoms with van der Waals surface area (Å²) in [5, 5.41) is 0. The maximum Gasteiger partial charge on any atom is 0.179 e. The molecule has 0 radical (unpaired) electrons. The first-order valence-corrected chi connectivity index (χ1v) is 5.32. The Morgan fingerprint density at radius 1 is 1.50 bits per heavy atom. The van der Waals surface area contributed by atoms with E-state index in [9.17, 15) is 4.39 Å². The van der Waals surface area contributed by atoms with E-state index in [1.54, 1.807) is 6.07 Å². The van der Waals surface area contributed by atoms with E-state index in [1.807, 2.05) is 12.1 Å². The van der Waals surface area contributed by atoms with Crippen LogP contribution in [0.2, 0.25) is 0 Å². The molecule has 1 aromatic carbocycles. The molecule has 0 bridgehead atoms. The molecule has 1 aliphatic heterocycles. The third kappa shape index (κ3) is 1.57. The van der Waals surface area contributed by atoms with Gasteiger partial charge in [0, 0.05) is 5.56 Å². The van der Waals surface area contributed by atoms with Gasteiger partial charge < -0.3 is 4.74 Å². The molecular formula is C11H10BrFO. The van der Waals surface area contributed by atoms with Gasteiger partial charge in [-0.25, -0.2) is 4.39 Å². The zero-order valence-corrected chi connectivity index (χ0v) is 9.40. The number of hydrogen-bond acceptors (Lipinski definition) is 1. The van der Waals surface area contributed by atoms with Crippen molar-refractivity contribution >= 4 is 22.0 Å². The lowest BCUT2D eigenvalue weighted by molar-refractivity contribution is 0.323. The van der Waals surface area contributed by atoms with Gasteiger partial charge in [-0.2, -0.15) is 0 Å². The van der Waals surface area contributed by atoms with Gasteiger partial charge in [-0.1, -0.05) is 6.92 Å². The molecule has 0 spiro atoms. The molecule has 2 rings (SSSR count). The van der Waals surface area contributed by atoms with Crippen LogP contribution < -0.4 is 4.74 Å². The van der Waals surface area contributed by atoms with Crippen LogP contribution in [0.3, 0.4) is 0 Å². The fourth-order valence-corrected chi connectivity index (χ4v) is 1.75. The molecule has 1 nitrogen and oxygen atoms in total. The molecule has 0 saturated carbocycles. The third-order valence-electron chi connectivity index (χ3n) is 2.30. The first-order chi connectivity index (χ1) is 6.72. The van der Waals surface area contributed by atoms with Crippen molar-refractivity contribution in [3.05, 3.63) is 33.6 Å². The maximum absolute atomic E-state index is 13.5. The van der Waals surface area contributed by atoms with Crippen LogP contribution in [0.4, 0.5) is 4.39 Å². The fourth-order valence-electron chi connectivity index (χ4n) is 1.44. The number of hydrogen-bond donors (Lipinski definition) is 0. The summed E-state index contributed by atoms with van der Waals surface area (Å²) in [5.74, 6) is 0.0467. The summed E-state index contributed by atoms with van der Waals surface area (Å²) in [4.78, 5) is 0. The molecule has 0 aromatic heterocycles. The van der Waals surface area contributed by atoms with Gasteiger partial charge in [0.1, 0.15) is 6.61 Å². The van der Waals surface area contributed by atoms with Crippen molar-refractivity contribution in [3.63, 3.8) is 0 Å². The second-order valence-corrected chi connectivity index (χ2v) is 4.08. The molecule has 14 heavy (non-hydrogen) atoms. The molecule has 0 saturated heterocycles. The van der Waals surface area contributed by atoms with E-state index in [4.69, 9.17) is 4.74 Å². The lowest BCUT2D eigenvalue weighted by atomic mass is 10.1. The third-order valence-corrected chi connectivity index (χ3v) is 2.91. The fraction of sp³-hybridized carbons (Fsp3) is 0.273. The first kappa shape index (κ1) is 9.71. The van der Waals surface area contributed by atoms with Gasteiger partial charge >= 0.3 is 0 Å². The number of rotatable bonds is 1. The SMILES string of the molecule is CCC1=Cc2ccc(Br)c(F)c2OC1. The largest absolute Gasteiger partial charge is 0.485 e. The Morgan fingerprint density at radius 2 is 2.29 bits per heavy atom. The van der Waals surface area contributed by atoms with E-state index in [2.05, 4.69) is 22.9 Å². The summed E-state index contributed by atoms with van der Waals surface area (Å²) >= 11 is 3.13. The van der Waals surface area contributed by atoms with Crippen molar-refractivity contribution in [2.75, 3.05) is 6.61 Å². The minimum Gasteiger partial charge on any atom is -0.485 e. The van der Waals surface area contributed by atoms with E-state index in [1.165, 1.54) is 5.57 Å². The summed E-state index contributed by atoms with van der Waals surface area (Å²) in [6, 6.07) is 3.56. The Hall–Kier alpha value is -0.830. The van der Waals surface area contributed by atoms with Crippen LogP contribution in [-0.4, -0.2) is 6.61 Å². The zero-order valence-electron chi connectivity index (χ0n) is 7.81. The minimum absolute atomic E-state index is 0.311. The van der Waals surface area contributed by atoms with E-state index in [-0.39, 0.29) is 5.82 Å². The van der Waals surface area contributed by atoms with Gasteiger partial charge in [-0.05, 0) is 46.1 Å². The molecule has 0 unspecified atom stereocenters. The Kier molecular flexibility index (Phi) is 2.59. The number of halogens is 2. The normalized spacial score (nSPS) is 14.4. The van der Waals surface area contributed by atoms with Crippen LogP contribution in [0.25, 0.3) is 6.08 Å². The van der Waals surface area contributed by atoms with Crippen LogP contribution in [0, 0.1) is 5.82 Å². The molecule has 1 heterocycles. The predicted molar refractivity (Wildman–Crippen MR) is 57.9 cm³/mol. The molecule has 0 fully saturated rings. The van der Waals surface area contributed by atoms with Crippen molar-refractivity contribution in [1.82, 2.24) is 0 Å². The summed E-state index contributed by atoms with van der Waals surface area (Å²) in [6.45, 7) is 2.56. The molecule has 0 atom stereocenters. The Bertz CT molecular complexity index is 399. The Labute approximate surface area is 90.7 Å². The quantitative estimate of drug-likeness (QED) is 0.744. The van der Waals surface area contributed by atoms with E-state index in [0.29, 0.717) is 16.8 Å². The maximum atomic E-state index is 13.5. The van der Waals surface area contributed by atoms with Crippen LogP contribution >= 0.6 is 15.9 Å². The highest BCUT2D eigenvalue weighted by Crippen LogP contribution is 2.33. The minimum atomic E-state index is -0.311. The molecule has 74 valence electrons.